The first-order valence-electron chi connectivity index (χ1n) is 3.36. The van der Waals surface area contributed by atoms with Crippen molar-refractivity contribution >= 4 is 0 Å². The van der Waals surface area contributed by atoms with Crippen LogP contribution in [0.5, 0.6) is 0 Å². The summed E-state index contributed by atoms with van der Waals surface area (Å²) >= 11 is 0. The van der Waals surface area contributed by atoms with Gasteiger partial charge in [0.25, 0.3) is 0 Å². The van der Waals surface area contributed by atoms with Gasteiger partial charge in [0.1, 0.15) is 12.0 Å². The van der Waals surface area contributed by atoms with E-state index in [-0.39, 0.29) is 0 Å². The molecule has 2 rings (SSSR count). The van der Waals surface area contributed by atoms with Crippen LogP contribution in [0.15, 0.2) is 35.4 Å². The third kappa shape index (κ3) is 1.18. The predicted molar refractivity (Wildman–Crippen MR) is 39.7 cm³/mol. The minimum absolute atomic E-state index is 0.498. The zero-order chi connectivity index (χ0) is 8.39. The largest absolute Gasteiger partial charge is 0.451 e. The molecule has 0 radical (unpaired) electrons. The van der Waals surface area contributed by atoms with Gasteiger partial charge in [-0.05, 0) is 12.1 Å². The summed E-state index contributed by atoms with van der Waals surface area (Å²) < 4.78 is 17.1. The van der Waals surface area contributed by atoms with E-state index in [1.54, 1.807) is 6.07 Å². The van der Waals surface area contributed by atoms with Crippen molar-refractivity contribution in [3.63, 3.8) is 0 Å². The Morgan fingerprint density at radius 1 is 1.25 bits per heavy atom. The number of hydrogen-bond donors (Lipinski definition) is 0. The maximum Gasteiger partial charge on any atom is 0.212 e. The Labute approximate surface area is 67.9 Å². The standard InChI is InChI=1S/C8H5FN2O/c9-8-2-1-6(3-10-8)7-4-12-5-11-7/h1-5H. The van der Waals surface area contributed by atoms with Gasteiger partial charge in [0.05, 0.1) is 0 Å². The van der Waals surface area contributed by atoms with E-state index in [1.807, 2.05) is 0 Å². The topological polar surface area (TPSA) is 38.9 Å². The third-order valence-corrected chi connectivity index (χ3v) is 1.46. The number of halogens is 1. The lowest BCUT2D eigenvalue weighted by Crippen LogP contribution is -1.82. The summed E-state index contributed by atoms with van der Waals surface area (Å²) in [4.78, 5) is 7.37. The van der Waals surface area contributed by atoms with Gasteiger partial charge in [-0.3, -0.25) is 0 Å². The molecule has 4 heteroatoms. The SMILES string of the molecule is Fc1ccc(-c2cocn2)cn1. The molecule has 2 aromatic heterocycles. The fourth-order valence-electron chi connectivity index (χ4n) is 0.882. The molecule has 12 heavy (non-hydrogen) atoms. The summed E-state index contributed by atoms with van der Waals surface area (Å²) in [6, 6.07) is 2.88. The predicted octanol–water partition coefficient (Wildman–Crippen LogP) is 1.88. The van der Waals surface area contributed by atoms with Crippen molar-refractivity contribution in [1.82, 2.24) is 9.97 Å². The second-order valence-electron chi connectivity index (χ2n) is 2.24. The van der Waals surface area contributed by atoms with Crippen LogP contribution >= 0.6 is 0 Å². The second-order valence-corrected chi connectivity index (χ2v) is 2.24. The minimum atomic E-state index is -0.498. The average Bonchev–Trinajstić information content (AvgIpc) is 2.58. The number of oxazole rings is 1. The Balaban J connectivity index is 2.43. The van der Waals surface area contributed by atoms with Crippen LogP contribution in [0.1, 0.15) is 0 Å². The lowest BCUT2D eigenvalue weighted by atomic mass is 10.2. The van der Waals surface area contributed by atoms with Crippen molar-refractivity contribution in [3.05, 3.63) is 36.9 Å². The highest BCUT2D eigenvalue weighted by Crippen LogP contribution is 2.14. The summed E-state index contributed by atoms with van der Waals surface area (Å²) in [7, 11) is 0. The van der Waals surface area contributed by atoms with Crippen molar-refractivity contribution in [2.24, 2.45) is 0 Å². The maximum absolute atomic E-state index is 12.4. The van der Waals surface area contributed by atoms with Crippen molar-refractivity contribution in [3.8, 4) is 11.3 Å². The lowest BCUT2D eigenvalue weighted by Gasteiger charge is -1.92. The number of pyridine rings is 1. The van der Waals surface area contributed by atoms with Crippen molar-refractivity contribution in [2.75, 3.05) is 0 Å². The number of hydrogen-bond acceptors (Lipinski definition) is 3. The smallest absolute Gasteiger partial charge is 0.212 e. The first kappa shape index (κ1) is 6.97. The van der Waals surface area contributed by atoms with Crippen LogP contribution in [0.3, 0.4) is 0 Å². The van der Waals surface area contributed by atoms with E-state index in [2.05, 4.69) is 9.97 Å². The van der Waals surface area contributed by atoms with Crippen LogP contribution in [0.25, 0.3) is 11.3 Å². The van der Waals surface area contributed by atoms with Crippen LogP contribution in [-0.4, -0.2) is 9.97 Å². The molecule has 0 aromatic carbocycles. The molecule has 0 unspecified atom stereocenters. The zero-order valence-corrected chi connectivity index (χ0v) is 6.07. The molecule has 2 heterocycles. The normalized spacial score (nSPS) is 10.1. The van der Waals surface area contributed by atoms with Crippen LogP contribution in [0, 0.1) is 5.95 Å². The van der Waals surface area contributed by atoms with Gasteiger partial charge < -0.3 is 4.42 Å². The fourth-order valence-corrected chi connectivity index (χ4v) is 0.882. The number of rotatable bonds is 1. The molecular formula is C8H5FN2O. The molecule has 0 aliphatic heterocycles. The van der Waals surface area contributed by atoms with E-state index < -0.39 is 5.95 Å². The summed E-state index contributed by atoms with van der Waals surface area (Å²) in [5, 5.41) is 0. The molecule has 0 N–H and O–H groups in total. The summed E-state index contributed by atoms with van der Waals surface area (Å²) in [5.41, 5.74) is 1.40. The van der Waals surface area contributed by atoms with Gasteiger partial charge in [-0.25, -0.2) is 9.97 Å². The molecule has 0 saturated carbocycles. The average molecular weight is 164 g/mol. The van der Waals surface area contributed by atoms with Gasteiger partial charge in [-0.2, -0.15) is 4.39 Å². The Bertz CT molecular complexity index is 355. The lowest BCUT2D eigenvalue weighted by molar-refractivity contribution is 0.558. The monoisotopic (exact) mass is 164 g/mol. The summed E-state index contributed by atoms with van der Waals surface area (Å²) in [5.74, 6) is -0.498. The molecule has 0 aliphatic carbocycles. The molecular weight excluding hydrogens is 159 g/mol. The van der Waals surface area contributed by atoms with Gasteiger partial charge in [0, 0.05) is 11.8 Å². The Morgan fingerprint density at radius 2 is 2.17 bits per heavy atom. The molecule has 60 valence electrons. The van der Waals surface area contributed by atoms with Crippen LogP contribution in [0.2, 0.25) is 0 Å². The second kappa shape index (κ2) is 2.73. The van der Waals surface area contributed by atoms with E-state index in [4.69, 9.17) is 4.42 Å². The van der Waals surface area contributed by atoms with Crippen LogP contribution in [-0.2, 0) is 0 Å². The van der Waals surface area contributed by atoms with E-state index in [1.165, 1.54) is 24.9 Å². The minimum Gasteiger partial charge on any atom is -0.451 e. The molecule has 0 fully saturated rings. The molecule has 0 amide bonds. The third-order valence-electron chi connectivity index (χ3n) is 1.46. The first-order chi connectivity index (χ1) is 5.86. The van der Waals surface area contributed by atoms with Gasteiger partial charge in [0.15, 0.2) is 6.39 Å². The van der Waals surface area contributed by atoms with E-state index >= 15 is 0 Å². The number of aromatic nitrogens is 2. The highest BCUT2D eigenvalue weighted by Gasteiger charge is 2.00. The van der Waals surface area contributed by atoms with Crippen LogP contribution in [0.4, 0.5) is 4.39 Å². The maximum atomic E-state index is 12.4. The van der Waals surface area contributed by atoms with Crippen molar-refractivity contribution in [2.45, 2.75) is 0 Å². The summed E-state index contributed by atoms with van der Waals surface area (Å²) in [6.07, 6.45) is 4.21. The summed E-state index contributed by atoms with van der Waals surface area (Å²) in [6.45, 7) is 0. The van der Waals surface area contributed by atoms with Gasteiger partial charge in [-0.1, -0.05) is 0 Å². The quantitative estimate of drug-likeness (QED) is 0.604. The Kier molecular flexibility index (Phi) is 1.59. The number of nitrogens with zero attached hydrogens (tertiary/aromatic N) is 2. The Morgan fingerprint density at radius 3 is 2.75 bits per heavy atom. The van der Waals surface area contributed by atoms with Gasteiger partial charge in [-0.15, -0.1) is 0 Å². The highest BCUT2D eigenvalue weighted by molar-refractivity contribution is 5.55. The molecule has 3 nitrogen and oxygen atoms in total. The highest BCUT2D eigenvalue weighted by atomic mass is 19.1. The fraction of sp³-hybridized carbons (Fsp3) is 0. The molecule has 0 spiro atoms. The van der Waals surface area contributed by atoms with E-state index in [0.717, 1.165) is 5.56 Å². The van der Waals surface area contributed by atoms with Crippen molar-refractivity contribution < 1.29 is 8.81 Å². The Hall–Kier alpha value is -1.71. The molecule has 0 aliphatic rings. The zero-order valence-electron chi connectivity index (χ0n) is 6.07. The van der Waals surface area contributed by atoms with E-state index in [9.17, 15) is 4.39 Å². The molecule has 0 bridgehead atoms. The van der Waals surface area contributed by atoms with Crippen LogP contribution < -0.4 is 0 Å². The molecule has 0 saturated heterocycles. The van der Waals surface area contributed by atoms with Gasteiger partial charge >= 0.3 is 0 Å². The van der Waals surface area contributed by atoms with E-state index in [0.29, 0.717) is 5.69 Å². The molecule has 2 aromatic rings. The van der Waals surface area contributed by atoms with Gasteiger partial charge in [0.2, 0.25) is 5.95 Å². The molecule has 0 atom stereocenters. The first-order valence-corrected chi connectivity index (χ1v) is 3.36. The van der Waals surface area contributed by atoms with Crippen molar-refractivity contribution in [1.29, 1.82) is 0 Å².